The smallest absolute Gasteiger partial charge is 0.328 e. The first kappa shape index (κ1) is 22.5. The second-order valence-corrected chi connectivity index (χ2v) is 5.59. The molecule has 24 heavy (non-hydrogen) atoms. The molecule has 12 heteroatoms. The number of thiol groups is 2. The van der Waals surface area contributed by atoms with Gasteiger partial charge in [-0.1, -0.05) is 0 Å². The average Bonchev–Trinajstić information content (AvgIpc) is 2.53. The van der Waals surface area contributed by atoms with E-state index in [0.717, 1.165) is 0 Å². The van der Waals surface area contributed by atoms with E-state index in [9.17, 15) is 19.2 Å². The number of carboxylic acids is 1. The van der Waals surface area contributed by atoms with Crippen LogP contribution in [0.25, 0.3) is 0 Å². The molecule has 0 aromatic heterocycles. The summed E-state index contributed by atoms with van der Waals surface area (Å²) < 4.78 is 0. The maximum atomic E-state index is 12.1. The van der Waals surface area contributed by atoms with Crippen molar-refractivity contribution in [3.05, 3.63) is 0 Å². The molecule has 0 saturated heterocycles. The molecule has 0 aliphatic carbocycles. The van der Waals surface area contributed by atoms with Crippen molar-refractivity contribution >= 4 is 48.9 Å². The van der Waals surface area contributed by atoms with Gasteiger partial charge in [-0.3, -0.25) is 14.4 Å². The van der Waals surface area contributed by atoms with Crippen molar-refractivity contribution in [2.45, 2.75) is 31.1 Å². The van der Waals surface area contributed by atoms with Gasteiger partial charge in [-0.05, 0) is 6.92 Å². The highest BCUT2D eigenvalue weighted by Gasteiger charge is 2.28. The first-order chi connectivity index (χ1) is 11.2. The number of carbonyl (C=O) groups is 4. The van der Waals surface area contributed by atoms with Crippen molar-refractivity contribution in [2.24, 2.45) is 5.73 Å². The summed E-state index contributed by atoms with van der Waals surface area (Å²) in [4.78, 5) is 46.4. The van der Waals surface area contributed by atoms with Crippen LogP contribution in [-0.4, -0.2) is 76.2 Å². The number of nitrogens with two attached hydrogens (primary N) is 1. The van der Waals surface area contributed by atoms with E-state index in [0.29, 0.717) is 0 Å². The molecule has 0 aliphatic heterocycles. The fourth-order valence-corrected chi connectivity index (χ4v) is 1.94. The summed E-state index contributed by atoms with van der Waals surface area (Å²) in [6.45, 7) is 0.631. The number of hydrogen-bond donors (Lipinski definition) is 8. The molecule has 4 unspecified atom stereocenters. The van der Waals surface area contributed by atoms with E-state index in [4.69, 9.17) is 15.9 Å². The van der Waals surface area contributed by atoms with Crippen LogP contribution in [0, 0.1) is 0 Å². The molecule has 0 heterocycles. The van der Waals surface area contributed by atoms with Crippen LogP contribution in [0.1, 0.15) is 6.92 Å². The molecular weight excluding hydrogens is 360 g/mol. The molecule has 3 amide bonds. The van der Waals surface area contributed by atoms with Gasteiger partial charge in [0.25, 0.3) is 0 Å². The zero-order valence-corrected chi connectivity index (χ0v) is 14.7. The molecular formula is C12H22N4O6S2. The van der Waals surface area contributed by atoms with Crippen molar-refractivity contribution in [2.75, 3.05) is 18.1 Å². The molecule has 4 atom stereocenters. The molecule has 0 aliphatic rings. The summed E-state index contributed by atoms with van der Waals surface area (Å²) >= 11 is 7.87. The molecule has 7 N–H and O–H groups in total. The molecule has 0 saturated carbocycles. The van der Waals surface area contributed by atoms with Gasteiger partial charge in [0.15, 0.2) is 0 Å². The molecule has 0 bridgehead atoms. The van der Waals surface area contributed by atoms with Gasteiger partial charge in [-0.25, -0.2) is 4.79 Å². The second kappa shape index (κ2) is 11.1. The Morgan fingerprint density at radius 1 is 0.917 bits per heavy atom. The lowest BCUT2D eigenvalue weighted by atomic mass is 10.2. The lowest BCUT2D eigenvalue weighted by Gasteiger charge is -2.22. The summed E-state index contributed by atoms with van der Waals surface area (Å²) in [6.07, 6.45) is 0. The predicted octanol–water partition coefficient (Wildman–Crippen LogP) is -3.28. The fourth-order valence-electron chi connectivity index (χ4n) is 1.42. The van der Waals surface area contributed by atoms with E-state index < -0.39 is 54.5 Å². The average molecular weight is 382 g/mol. The van der Waals surface area contributed by atoms with Crippen molar-refractivity contribution < 1.29 is 29.4 Å². The molecule has 0 spiro atoms. The summed E-state index contributed by atoms with van der Waals surface area (Å²) in [5.41, 5.74) is 5.39. The van der Waals surface area contributed by atoms with Crippen molar-refractivity contribution in [3.8, 4) is 0 Å². The maximum Gasteiger partial charge on any atom is 0.328 e. The number of aliphatic carboxylic acids is 1. The first-order valence-electron chi connectivity index (χ1n) is 6.89. The van der Waals surface area contributed by atoms with E-state index in [1.807, 2.05) is 0 Å². The predicted molar refractivity (Wildman–Crippen MR) is 91.9 cm³/mol. The second-order valence-electron chi connectivity index (χ2n) is 4.86. The molecule has 0 fully saturated rings. The van der Waals surface area contributed by atoms with E-state index >= 15 is 0 Å². The highest BCUT2D eigenvalue weighted by molar-refractivity contribution is 7.80. The first-order valence-corrected chi connectivity index (χ1v) is 8.16. The maximum absolute atomic E-state index is 12.1. The SMILES string of the molecule is CC(N)C(=O)NC(CS)C(=O)NC(CS)C(=O)NC(CO)C(=O)O. The minimum atomic E-state index is -1.50. The van der Waals surface area contributed by atoms with E-state index in [-0.39, 0.29) is 11.5 Å². The minimum Gasteiger partial charge on any atom is -0.480 e. The van der Waals surface area contributed by atoms with Crippen LogP contribution in [-0.2, 0) is 19.2 Å². The van der Waals surface area contributed by atoms with Crippen LogP contribution in [0.2, 0.25) is 0 Å². The number of hydrogen-bond acceptors (Lipinski definition) is 8. The Hall–Kier alpha value is -1.50. The van der Waals surface area contributed by atoms with E-state index in [2.05, 4.69) is 41.2 Å². The van der Waals surface area contributed by atoms with Crippen LogP contribution in [0.3, 0.4) is 0 Å². The number of carbonyl (C=O) groups excluding carboxylic acids is 3. The number of aliphatic hydroxyl groups excluding tert-OH is 1. The third kappa shape index (κ3) is 7.38. The molecule has 0 aromatic rings. The Morgan fingerprint density at radius 2 is 1.29 bits per heavy atom. The van der Waals surface area contributed by atoms with Crippen LogP contribution in [0.4, 0.5) is 0 Å². The van der Waals surface area contributed by atoms with Crippen LogP contribution in [0.5, 0.6) is 0 Å². The highest BCUT2D eigenvalue weighted by Crippen LogP contribution is 1.96. The fraction of sp³-hybridized carbons (Fsp3) is 0.667. The van der Waals surface area contributed by atoms with E-state index in [1.165, 1.54) is 6.92 Å². The number of rotatable bonds is 10. The Labute approximate surface area is 149 Å². The molecule has 138 valence electrons. The highest BCUT2D eigenvalue weighted by atomic mass is 32.1. The van der Waals surface area contributed by atoms with Crippen molar-refractivity contribution in [1.82, 2.24) is 16.0 Å². The Balaban J connectivity index is 4.83. The van der Waals surface area contributed by atoms with Gasteiger partial charge in [-0.2, -0.15) is 25.3 Å². The van der Waals surface area contributed by atoms with Gasteiger partial charge in [0.2, 0.25) is 17.7 Å². The summed E-state index contributed by atoms with van der Waals surface area (Å²) in [5.74, 6) is -3.70. The van der Waals surface area contributed by atoms with Crippen molar-refractivity contribution in [3.63, 3.8) is 0 Å². The standard InChI is InChI=1S/C12H22N4O6S2/c1-5(13)9(18)15-7(3-23)11(20)16-8(4-24)10(19)14-6(2-17)12(21)22/h5-8,17,23-24H,2-4,13H2,1H3,(H,14,19)(H,15,18)(H,16,20)(H,21,22). The topological polar surface area (TPSA) is 171 Å². The van der Waals surface area contributed by atoms with Gasteiger partial charge >= 0.3 is 5.97 Å². The van der Waals surface area contributed by atoms with Crippen LogP contribution in [0.15, 0.2) is 0 Å². The van der Waals surface area contributed by atoms with Crippen molar-refractivity contribution in [1.29, 1.82) is 0 Å². The minimum absolute atomic E-state index is 0.0421. The zero-order valence-electron chi connectivity index (χ0n) is 12.9. The summed E-state index contributed by atoms with van der Waals surface area (Å²) in [6, 6.07) is -4.53. The van der Waals surface area contributed by atoms with Gasteiger partial charge < -0.3 is 31.9 Å². The van der Waals surface area contributed by atoms with Crippen LogP contribution >= 0.6 is 25.3 Å². The van der Waals surface area contributed by atoms with E-state index in [1.54, 1.807) is 0 Å². The zero-order chi connectivity index (χ0) is 18.9. The quantitative estimate of drug-likeness (QED) is 0.183. The number of carboxylic acid groups (broad SMARTS) is 1. The molecule has 0 aromatic carbocycles. The van der Waals surface area contributed by atoms with Gasteiger partial charge in [0, 0.05) is 11.5 Å². The Bertz CT molecular complexity index is 476. The largest absolute Gasteiger partial charge is 0.480 e. The Morgan fingerprint density at radius 3 is 1.58 bits per heavy atom. The summed E-state index contributed by atoms with van der Waals surface area (Å²) in [7, 11) is 0. The van der Waals surface area contributed by atoms with Gasteiger partial charge in [-0.15, -0.1) is 0 Å². The lowest BCUT2D eigenvalue weighted by Crippen LogP contribution is -2.58. The number of amides is 3. The number of nitrogens with one attached hydrogen (secondary N) is 3. The lowest BCUT2D eigenvalue weighted by molar-refractivity contribution is -0.143. The molecule has 10 nitrogen and oxygen atoms in total. The normalized spacial score (nSPS) is 15.5. The summed E-state index contributed by atoms with van der Waals surface area (Å²) in [5, 5.41) is 24.4. The molecule has 0 rings (SSSR count). The third-order valence-corrected chi connectivity index (χ3v) is 3.57. The van der Waals surface area contributed by atoms with Gasteiger partial charge in [0.1, 0.15) is 18.1 Å². The molecule has 0 radical (unpaired) electrons. The monoisotopic (exact) mass is 382 g/mol. The third-order valence-electron chi connectivity index (χ3n) is 2.84. The van der Waals surface area contributed by atoms with Gasteiger partial charge in [0.05, 0.1) is 12.6 Å². The van der Waals surface area contributed by atoms with Crippen LogP contribution < -0.4 is 21.7 Å². The Kier molecular flexibility index (Phi) is 10.4. The number of aliphatic hydroxyl groups is 1.